The van der Waals surface area contributed by atoms with Gasteiger partial charge in [0.2, 0.25) is 5.91 Å². The number of ether oxygens (including phenoxy) is 1. The Balaban J connectivity index is 1.57. The fourth-order valence-corrected chi connectivity index (χ4v) is 4.47. The zero-order valence-corrected chi connectivity index (χ0v) is 19.9. The molecule has 0 radical (unpaired) electrons. The van der Waals surface area contributed by atoms with Crippen LogP contribution in [0.25, 0.3) is 0 Å². The molecule has 0 aromatic heterocycles. The van der Waals surface area contributed by atoms with Crippen molar-refractivity contribution in [3.63, 3.8) is 0 Å². The fraction of sp³-hybridized carbons (Fsp3) is 0.680. The highest BCUT2D eigenvalue weighted by atomic mass is 16.5. The molecule has 2 saturated heterocycles. The van der Waals surface area contributed by atoms with Gasteiger partial charge in [-0.15, -0.1) is 0 Å². The molecule has 3 rings (SSSR count). The van der Waals surface area contributed by atoms with Crippen LogP contribution in [-0.2, 0) is 9.53 Å². The summed E-state index contributed by atoms with van der Waals surface area (Å²) in [7, 11) is 0. The number of morpholine rings is 1. The monoisotopic (exact) mass is 443 g/mol. The standard InChI is InChI=1S/C25H41N5O2/c1-3-26-25(27-12-8-14-30-13-6-4-5-11-24(30)31)28-20-23(29-15-17-32-18-16-29)22-10-7-9-21(2)19-22/h7,9-10,19,23H,3-6,8,11-18,20H2,1-2H3,(H2,26,27,28). The number of nitrogens with one attached hydrogen (secondary N) is 2. The largest absolute Gasteiger partial charge is 0.379 e. The van der Waals surface area contributed by atoms with E-state index in [0.717, 1.165) is 77.7 Å². The zero-order chi connectivity index (χ0) is 22.6. The average Bonchev–Trinajstić information content (AvgIpc) is 3.01. The van der Waals surface area contributed by atoms with E-state index in [-0.39, 0.29) is 6.04 Å². The van der Waals surface area contributed by atoms with E-state index in [1.54, 1.807) is 0 Å². The van der Waals surface area contributed by atoms with E-state index in [1.807, 2.05) is 4.90 Å². The first-order chi connectivity index (χ1) is 15.7. The third kappa shape index (κ3) is 7.78. The average molecular weight is 444 g/mol. The molecule has 0 saturated carbocycles. The van der Waals surface area contributed by atoms with Gasteiger partial charge < -0.3 is 20.3 Å². The maximum atomic E-state index is 12.2. The summed E-state index contributed by atoms with van der Waals surface area (Å²) in [6.45, 7) is 11.7. The minimum atomic E-state index is 0.240. The molecule has 7 nitrogen and oxygen atoms in total. The van der Waals surface area contributed by atoms with E-state index in [1.165, 1.54) is 17.5 Å². The second-order valence-corrected chi connectivity index (χ2v) is 8.77. The Hall–Kier alpha value is -2.12. The van der Waals surface area contributed by atoms with Gasteiger partial charge in [-0.1, -0.05) is 36.2 Å². The molecule has 2 N–H and O–H groups in total. The number of carbonyl (C=O) groups is 1. The van der Waals surface area contributed by atoms with Gasteiger partial charge in [0.25, 0.3) is 0 Å². The first-order valence-corrected chi connectivity index (χ1v) is 12.4. The van der Waals surface area contributed by atoms with Crippen molar-refractivity contribution in [2.45, 2.75) is 52.0 Å². The molecule has 2 fully saturated rings. The van der Waals surface area contributed by atoms with Crippen LogP contribution in [0.2, 0.25) is 0 Å². The number of hydrogen-bond donors (Lipinski definition) is 2. The van der Waals surface area contributed by atoms with Crippen LogP contribution in [0.5, 0.6) is 0 Å². The summed E-state index contributed by atoms with van der Waals surface area (Å²) >= 11 is 0. The molecule has 178 valence electrons. The molecule has 2 aliphatic heterocycles. The van der Waals surface area contributed by atoms with Crippen LogP contribution >= 0.6 is 0 Å². The Morgan fingerprint density at radius 3 is 2.78 bits per heavy atom. The molecule has 1 amide bonds. The normalized spacial score (nSPS) is 19.5. The third-order valence-corrected chi connectivity index (χ3v) is 6.25. The van der Waals surface area contributed by atoms with Crippen molar-refractivity contribution >= 4 is 11.9 Å². The van der Waals surface area contributed by atoms with Gasteiger partial charge in [0.1, 0.15) is 0 Å². The summed E-state index contributed by atoms with van der Waals surface area (Å²) < 4.78 is 5.57. The molecule has 1 aromatic carbocycles. The van der Waals surface area contributed by atoms with E-state index >= 15 is 0 Å². The lowest BCUT2D eigenvalue weighted by atomic mass is 10.0. The second kappa shape index (κ2) is 13.4. The fourth-order valence-electron chi connectivity index (χ4n) is 4.47. The van der Waals surface area contributed by atoms with Gasteiger partial charge in [-0.2, -0.15) is 0 Å². The smallest absolute Gasteiger partial charge is 0.222 e. The lowest BCUT2D eigenvalue weighted by Crippen LogP contribution is -2.42. The SMILES string of the molecule is CCNC(=NCC(c1cccc(C)c1)N1CCOCC1)NCCCN1CCCCCC1=O. The van der Waals surface area contributed by atoms with Crippen LogP contribution in [0.1, 0.15) is 56.2 Å². The number of nitrogens with zero attached hydrogens (tertiary/aromatic N) is 3. The summed E-state index contributed by atoms with van der Waals surface area (Å²) in [4.78, 5) is 21.6. The second-order valence-electron chi connectivity index (χ2n) is 8.77. The molecular weight excluding hydrogens is 402 g/mol. The Labute approximate surface area is 193 Å². The van der Waals surface area contributed by atoms with E-state index in [4.69, 9.17) is 9.73 Å². The number of hydrogen-bond acceptors (Lipinski definition) is 4. The van der Waals surface area contributed by atoms with Gasteiger partial charge in [0.05, 0.1) is 25.8 Å². The number of aryl methyl sites for hydroxylation is 1. The molecule has 2 heterocycles. The predicted molar refractivity (Wildman–Crippen MR) is 130 cm³/mol. The van der Waals surface area contributed by atoms with E-state index in [0.29, 0.717) is 18.9 Å². The molecule has 32 heavy (non-hydrogen) atoms. The quantitative estimate of drug-likeness (QED) is 0.349. The third-order valence-electron chi connectivity index (χ3n) is 6.25. The Kier molecular flexibility index (Phi) is 10.3. The molecule has 1 atom stereocenters. The summed E-state index contributed by atoms with van der Waals surface area (Å²) in [6.07, 6.45) is 4.98. The van der Waals surface area contributed by atoms with Crippen molar-refractivity contribution in [2.24, 2.45) is 4.99 Å². The summed E-state index contributed by atoms with van der Waals surface area (Å²) in [5.41, 5.74) is 2.59. The summed E-state index contributed by atoms with van der Waals surface area (Å²) in [5, 5.41) is 6.85. The highest BCUT2D eigenvalue weighted by Crippen LogP contribution is 2.23. The molecular formula is C25H41N5O2. The minimum Gasteiger partial charge on any atom is -0.379 e. The van der Waals surface area contributed by atoms with Crippen molar-refractivity contribution < 1.29 is 9.53 Å². The molecule has 0 spiro atoms. The summed E-state index contributed by atoms with van der Waals surface area (Å²) in [5.74, 6) is 1.16. The topological polar surface area (TPSA) is 69.2 Å². The van der Waals surface area contributed by atoms with Gasteiger partial charge in [0, 0.05) is 45.7 Å². The number of rotatable bonds is 9. The number of likely N-dealkylation sites (tertiary alicyclic amines) is 1. The molecule has 0 bridgehead atoms. The zero-order valence-electron chi connectivity index (χ0n) is 19.9. The maximum absolute atomic E-state index is 12.2. The molecule has 1 aromatic rings. The van der Waals surface area contributed by atoms with Crippen LogP contribution in [0.4, 0.5) is 0 Å². The molecule has 1 unspecified atom stereocenters. The Morgan fingerprint density at radius 1 is 1.16 bits per heavy atom. The van der Waals surface area contributed by atoms with Crippen molar-refractivity contribution in [3.05, 3.63) is 35.4 Å². The van der Waals surface area contributed by atoms with E-state index in [9.17, 15) is 4.79 Å². The van der Waals surface area contributed by atoms with Gasteiger partial charge in [-0.05, 0) is 38.7 Å². The lowest BCUT2D eigenvalue weighted by Gasteiger charge is -2.34. The highest BCUT2D eigenvalue weighted by molar-refractivity contribution is 5.79. The van der Waals surface area contributed by atoms with Gasteiger partial charge in [-0.25, -0.2) is 0 Å². The van der Waals surface area contributed by atoms with Crippen LogP contribution in [0.15, 0.2) is 29.3 Å². The lowest BCUT2D eigenvalue weighted by molar-refractivity contribution is -0.130. The minimum absolute atomic E-state index is 0.240. The van der Waals surface area contributed by atoms with Gasteiger partial charge in [-0.3, -0.25) is 14.7 Å². The van der Waals surface area contributed by atoms with Crippen molar-refractivity contribution in [1.82, 2.24) is 20.4 Å². The van der Waals surface area contributed by atoms with Crippen molar-refractivity contribution in [1.29, 1.82) is 0 Å². The number of benzene rings is 1. The van der Waals surface area contributed by atoms with Crippen LogP contribution in [0, 0.1) is 6.92 Å². The molecule has 2 aliphatic rings. The molecule has 0 aliphatic carbocycles. The van der Waals surface area contributed by atoms with Crippen molar-refractivity contribution in [2.75, 3.05) is 59.0 Å². The van der Waals surface area contributed by atoms with Crippen LogP contribution in [-0.4, -0.2) is 80.7 Å². The number of carbonyl (C=O) groups excluding carboxylic acids is 1. The maximum Gasteiger partial charge on any atom is 0.222 e. The predicted octanol–water partition coefficient (Wildman–Crippen LogP) is 2.72. The molecule has 7 heteroatoms. The number of amides is 1. The van der Waals surface area contributed by atoms with Crippen LogP contribution < -0.4 is 10.6 Å². The van der Waals surface area contributed by atoms with Gasteiger partial charge >= 0.3 is 0 Å². The number of guanidine groups is 1. The Morgan fingerprint density at radius 2 is 2.00 bits per heavy atom. The van der Waals surface area contributed by atoms with E-state index < -0.39 is 0 Å². The van der Waals surface area contributed by atoms with E-state index in [2.05, 4.69) is 53.6 Å². The van der Waals surface area contributed by atoms with Gasteiger partial charge in [0.15, 0.2) is 5.96 Å². The number of aliphatic imine (C=N–C) groups is 1. The highest BCUT2D eigenvalue weighted by Gasteiger charge is 2.23. The van der Waals surface area contributed by atoms with Crippen molar-refractivity contribution in [3.8, 4) is 0 Å². The first-order valence-electron chi connectivity index (χ1n) is 12.4. The van der Waals surface area contributed by atoms with Crippen LogP contribution in [0.3, 0.4) is 0 Å². The summed E-state index contributed by atoms with van der Waals surface area (Å²) in [6, 6.07) is 9.00. The first kappa shape index (κ1) is 24.5. The Bertz CT molecular complexity index is 733.